The number of nitrogens with one attached hydrogen (secondary N) is 2. The predicted molar refractivity (Wildman–Crippen MR) is 92.5 cm³/mol. The molecule has 132 valence electrons. The monoisotopic (exact) mass is 354 g/mol. The van der Waals surface area contributed by atoms with Crippen molar-refractivity contribution in [2.45, 2.75) is 18.9 Å². The number of amides is 3. The zero-order valence-corrected chi connectivity index (χ0v) is 14.2. The van der Waals surface area contributed by atoms with Gasteiger partial charge in [-0.05, 0) is 12.0 Å². The van der Waals surface area contributed by atoms with E-state index in [4.69, 9.17) is 5.73 Å². The number of hydrogen-bond donors (Lipinski definition) is 3. The van der Waals surface area contributed by atoms with E-state index in [0.717, 1.165) is 12.0 Å². The zero-order valence-electron chi connectivity index (χ0n) is 13.4. The Morgan fingerprint density at radius 1 is 1.21 bits per heavy atom. The number of likely N-dealkylation sites (tertiary alicyclic amines) is 1. The second-order valence-corrected chi connectivity index (χ2v) is 5.45. The van der Waals surface area contributed by atoms with Gasteiger partial charge in [0.2, 0.25) is 17.7 Å². The van der Waals surface area contributed by atoms with E-state index in [2.05, 4.69) is 10.6 Å². The largest absolute Gasteiger partial charge is 0.346 e. The summed E-state index contributed by atoms with van der Waals surface area (Å²) < 4.78 is 0. The van der Waals surface area contributed by atoms with E-state index in [0.29, 0.717) is 19.5 Å². The first kappa shape index (κ1) is 19.9. The SMILES string of the molecule is Cl.NCC(=O)NCC(=O)NC(CN1CCCC1=O)c1ccccc1. The summed E-state index contributed by atoms with van der Waals surface area (Å²) in [7, 11) is 0. The van der Waals surface area contributed by atoms with Crippen LogP contribution in [-0.2, 0) is 14.4 Å². The summed E-state index contributed by atoms with van der Waals surface area (Å²) in [5.74, 6) is -0.588. The molecule has 0 saturated carbocycles. The third-order valence-corrected chi connectivity index (χ3v) is 3.74. The van der Waals surface area contributed by atoms with Crippen LogP contribution in [0.2, 0.25) is 0 Å². The number of carbonyl (C=O) groups excluding carboxylic acids is 3. The molecule has 2 rings (SSSR count). The minimum atomic E-state index is -0.383. The summed E-state index contributed by atoms with van der Waals surface area (Å²) in [6.07, 6.45) is 1.41. The highest BCUT2D eigenvalue weighted by molar-refractivity contribution is 5.86. The van der Waals surface area contributed by atoms with Crippen molar-refractivity contribution in [3.05, 3.63) is 35.9 Å². The summed E-state index contributed by atoms with van der Waals surface area (Å²) in [4.78, 5) is 36.7. The molecule has 7 nitrogen and oxygen atoms in total. The maximum atomic E-state index is 12.0. The van der Waals surface area contributed by atoms with Gasteiger partial charge in [0, 0.05) is 19.5 Å². The molecule has 1 aromatic rings. The van der Waals surface area contributed by atoms with Crippen molar-refractivity contribution >= 4 is 30.1 Å². The highest BCUT2D eigenvalue weighted by Gasteiger charge is 2.25. The summed E-state index contributed by atoms with van der Waals surface area (Å²) in [6.45, 7) is 0.854. The lowest BCUT2D eigenvalue weighted by atomic mass is 10.1. The van der Waals surface area contributed by atoms with Gasteiger partial charge in [0.15, 0.2) is 0 Å². The molecule has 1 unspecified atom stereocenters. The smallest absolute Gasteiger partial charge is 0.239 e. The minimum absolute atomic E-state index is 0. The molecule has 8 heteroatoms. The van der Waals surface area contributed by atoms with E-state index in [1.54, 1.807) is 4.90 Å². The molecule has 0 bridgehead atoms. The second kappa shape index (κ2) is 9.89. The number of nitrogens with zero attached hydrogens (tertiary/aromatic N) is 1. The number of halogens is 1. The first-order chi connectivity index (χ1) is 11.1. The summed E-state index contributed by atoms with van der Waals surface area (Å²) in [6, 6.07) is 9.17. The Bertz CT molecular complexity index is 568. The van der Waals surface area contributed by atoms with Crippen molar-refractivity contribution in [2.75, 3.05) is 26.2 Å². The van der Waals surface area contributed by atoms with E-state index in [1.165, 1.54) is 0 Å². The molecule has 1 saturated heterocycles. The molecule has 1 aliphatic rings. The summed E-state index contributed by atoms with van der Waals surface area (Å²) in [5, 5.41) is 5.31. The van der Waals surface area contributed by atoms with Gasteiger partial charge in [0.25, 0.3) is 0 Å². The molecular formula is C16H23ClN4O3. The third kappa shape index (κ3) is 5.82. The van der Waals surface area contributed by atoms with E-state index >= 15 is 0 Å². The Hall–Kier alpha value is -2.12. The van der Waals surface area contributed by atoms with E-state index in [-0.39, 0.29) is 49.3 Å². The zero-order chi connectivity index (χ0) is 16.7. The lowest BCUT2D eigenvalue weighted by Crippen LogP contribution is -2.43. The fourth-order valence-corrected chi connectivity index (χ4v) is 2.53. The van der Waals surface area contributed by atoms with Gasteiger partial charge in [-0.15, -0.1) is 12.4 Å². The van der Waals surface area contributed by atoms with Crippen molar-refractivity contribution in [3.63, 3.8) is 0 Å². The van der Waals surface area contributed by atoms with Gasteiger partial charge in [-0.2, -0.15) is 0 Å². The standard InChI is InChI=1S/C16H22N4O3.ClH/c17-9-14(21)18-10-15(22)19-13(12-5-2-1-3-6-12)11-20-8-4-7-16(20)23;/h1-3,5-6,13H,4,7-11,17H2,(H,18,21)(H,19,22);1H. The van der Waals surface area contributed by atoms with Gasteiger partial charge >= 0.3 is 0 Å². The summed E-state index contributed by atoms with van der Waals surface area (Å²) >= 11 is 0. The molecule has 0 radical (unpaired) electrons. The van der Waals surface area contributed by atoms with E-state index in [1.807, 2.05) is 30.3 Å². The minimum Gasteiger partial charge on any atom is -0.346 e. The van der Waals surface area contributed by atoms with Gasteiger partial charge in [-0.25, -0.2) is 0 Å². The lowest BCUT2D eigenvalue weighted by molar-refractivity contribution is -0.129. The molecule has 24 heavy (non-hydrogen) atoms. The highest BCUT2D eigenvalue weighted by Crippen LogP contribution is 2.18. The Morgan fingerprint density at radius 2 is 1.92 bits per heavy atom. The van der Waals surface area contributed by atoms with Gasteiger partial charge < -0.3 is 21.3 Å². The molecule has 1 aromatic carbocycles. The first-order valence-electron chi connectivity index (χ1n) is 7.69. The topological polar surface area (TPSA) is 105 Å². The van der Waals surface area contributed by atoms with Crippen LogP contribution >= 0.6 is 12.4 Å². The van der Waals surface area contributed by atoms with E-state index in [9.17, 15) is 14.4 Å². The molecule has 0 spiro atoms. The van der Waals surface area contributed by atoms with Crippen LogP contribution in [0.5, 0.6) is 0 Å². The molecule has 4 N–H and O–H groups in total. The van der Waals surface area contributed by atoms with Crippen molar-refractivity contribution in [3.8, 4) is 0 Å². The van der Waals surface area contributed by atoms with Crippen LogP contribution in [-0.4, -0.2) is 48.8 Å². The fraction of sp³-hybridized carbons (Fsp3) is 0.438. The molecular weight excluding hydrogens is 332 g/mol. The van der Waals surface area contributed by atoms with Gasteiger partial charge in [-0.1, -0.05) is 30.3 Å². The summed E-state index contributed by atoms with van der Waals surface area (Å²) in [5.41, 5.74) is 6.11. The average molecular weight is 355 g/mol. The average Bonchev–Trinajstić information content (AvgIpc) is 2.97. The lowest BCUT2D eigenvalue weighted by Gasteiger charge is -2.25. The van der Waals surface area contributed by atoms with Crippen LogP contribution in [0.25, 0.3) is 0 Å². The number of carbonyl (C=O) groups is 3. The normalized spacial score (nSPS) is 14.7. The number of hydrogen-bond acceptors (Lipinski definition) is 4. The number of benzene rings is 1. The maximum Gasteiger partial charge on any atom is 0.239 e. The number of nitrogens with two attached hydrogens (primary N) is 1. The quantitative estimate of drug-likeness (QED) is 0.639. The van der Waals surface area contributed by atoms with Crippen LogP contribution in [0.15, 0.2) is 30.3 Å². The molecule has 1 aliphatic heterocycles. The Labute approximate surface area is 147 Å². The van der Waals surface area contributed by atoms with Crippen molar-refractivity contribution < 1.29 is 14.4 Å². The molecule has 1 heterocycles. The van der Waals surface area contributed by atoms with Crippen LogP contribution < -0.4 is 16.4 Å². The van der Waals surface area contributed by atoms with Crippen LogP contribution in [0.3, 0.4) is 0 Å². The first-order valence-corrected chi connectivity index (χ1v) is 7.69. The van der Waals surface area contributed by atoms with Crippen LogP contribution in [0, 0.1) is 0 Å². The Kier molecular flexibility index (Phi) is 8.21. The highest BCUT2D eigenvalue weighted by atomic mass is 35.5. The van der Waals surface area contributed by atoms with Crippen molar-refractivity contribution in [1.29, 1.82) is 0 Å². The van der Waals surface area contributed by atoms with Gasteiger partial charge in [0.1, 0.15) is 0 Å². The third-order valence-electron chi connectivity index (χ3n) is 3.74. The number of rotatable bonds is 7. The Morgan fingerprint density at radius 3 is 2.50 bits per heavy atom. The van der Waals surface area contributed by atoms with Crippen molar-refractivity contribution in [2.24, 2.45) is 5.73 Å². The molecule has 0 aliphatic carbocycles. The molecule has 1 atom stereocenters. The molecule has 1 fully saturated rings. The van der Waals surface area contributed by atoms with Crippen LogP contribution in [0.1, 0.15) is 24.4 Å². The fourth-order valence-electron chi connectivity index (χ4n) is 2.53. The van der Waals surface area contributed by atoms with Gasteiger partial charge in [0.05, 0.1) is 19.1 Å². The molecule has 0 aromatic heterocycles. The Balaban J connectivity index is 0.00000288. The van der Waals surface area contributed by atoms with E-state index < -0.39 is 0 Å². The van der Waals surface area contributed by atoms with Crippen LogP contribution in [0.4, 0.5) is 0 Å². The molecule has 3 amide bonds. The predicted octanol–water partition coefficient (Wildman–Crippen LogP) is -0.0370. The maximum absolute atomic E-state index is 12.0. The van der Waals surface area contributed by atoms with Gasteiger partial charge in [-0.3, -0.25) is 14.4 Å². The second-order valence-electron chi connectivity index (χ2n) is 5.45. The van der Waals surface area contributed by atoms with Crippen molar-refractivity contribution in [1.82, 2.24) is 15.5 Å².